The van der Waals surface area contributed by atoms with Gasteiger partial charge in [0.15, 0.2) is 0 Å². The van der Waals surface area contributed by atoms with Gasteiger partial charge in [0.1, 0.15) is 0 Å². The molecule has 0 aliphatic heterocycles. The van der Waals surface area contributed by atoms with Crippen LogP contribution in [-0.2, 0) is 0 Å². The summed E-state index contributed by atoms with van der Waals surface area (Å²) in [5.41, 5.74) is 0. The smallest absolute Gasteiger partial charge is 0.0785 e. The molecule has 0 spiro atoms. The minimum atomic E-state index is 0.401. The first kappa shape index (κ1) is 11.0. The van der Waals surface area contributed by atoms with Gasteiger partial charge in [-0.1, -0.05) is 25.4 Å². The van der Waals surface area contributed by atoms with Crippen molar-refractivity contribution in [2.45, 2.75) is 38.8 Å². The van der Waals surface area contributed by atoms with Gasteiger partial charge in [-0.15, -0.1) is 0 Å². The molecule has 1 saturated carbocycles. The first-order chi connectivity index (χ1) is 7.16. The fourth-order valence-electron chi connectivity index (χ4n) is 1.71. The normalized spacial score (nSPS) is 18.4. The van der Waals surface area contributed by atoms with Crippen LogP contribution in [0.4, 0.5) is 0 Å². The molecule has 15 heavy (non-hydrogen) atoms. The van der Waals surface area contributed by atoms with Crippen molar-refractivity contribution in [2.24, 2.45) is 5.92 Å². The zero-order valence-corrected chi connectivity index (χ0v) is 10.0. The van der Waals surface area contributed by atoms with E-state index in [-0.39, 0.29) is 0 Å². The van der Waals surface area contributed by atoms with Crippen molar-refractivity contribution < 1.29 is 0 Å². The fraction of sp³-hybridized carbons (Fsp3) is 0.727. The van der Waals surface area contributed by atoms with Crippen LogP contribution in [0.2, 0.25) is 5.02 Å². The minimum Gasteiger partial charge on any atom is -0.312 e. The molecule has 0 saturated heterocycles. The quantitative estimate of drug-likeness (QED) is 0.838. The van der Waals surface area contributed by atoms with E-state index in [9.17, 15) is 0 Å². The Balaban J connectivity index is 1.97. The molecule has 1 aliphatic rings. The molecule has 1 aromatic rings. The third-order valence-corrected chi connectivity index (χ3v) is 3.07. The van der Waals surface area contributed by atoms with E-state index < -0.39 is 0 Å². The molecule has 1 fully saturated rings. The maximum absolute atomic E-state index is 5.88. The predicted molar refractivity (Wildman–Crippen MR) is 62.1 cm³/mol. The van der Waals surface area contributed by atoms with Crippen molar-refractivity contribution in [3.8, 4) is 0 Å². The average molecular weight is 228 g/mol. The number of halogens is 1. The number of nitrogens with zero attached hydrogens (tertiary/aromatic N) is 2. The van der Waals surface area contributed by atoms with Crippen LogP contribution < -0.4 is 5.32 Å². The van der Waals surface area contributed by atoms with Crippen molar-refractivity contribution >= 4 is 11.6 Å². The summed E-state index contributed by atoms with van der Waals surface area (Å²) in [5.74, 6) is 0.562. The highest BCUT2D eigenvalue weighted by atomic mass is 35.5. The third kappa shape index (κ3) is 2.95. The maximum Gasteiger partial charge on any atom is 0.0785 e. The van der Waals surface area contributed by atoms with Crippen LogP contribution in [0.5, 0.6) is 0 Å². The largest absolute Gasteiger partial charge is 0.312 e. The summed E-state index contributed by atoms with van der Waals surface area (Å²) < 4.78 is 1.97. The molecule has 0 radical (unpaired) electrons. The fourth-order valence-corrected chi connectivity index (χ4v) is 1.85. The van der Waals surface area contributed by atoms with E-state index in [2.05, 4.69) is 24.3 Å². The second-order valence-electron chi connectivity index (χ2n) is 4.63. The standard InChI is InChI=1S/C11H18ClN3/c1-8(2)11(6-13-10-3-4-10)15-7-9(12)5-14-15/h5,7-8,10-11,13H,3-4,6H2,1-2H3. The molecule has 1 atom stereocenters. The van der Waals surface area contributed by atoms with Crippen molar-refractivity contribution in [3.63, 3.8) is 0 Å². The zero-order chi connectivity index (χ0) is 10.8. The molecule has 0 bridgehead atoms. The van der Waals surface area contributed by atoms with Crippen LogP contribution in [0.3, 0.4) is 0 Å². The zero-order valence-electron chi connectivity index (χ0n) is 9.28. The van der Waals surface area contributed by atoms with Crippen LogP contribution in [0.1, 0.15) is 32.7 Å². The van der Waals surface area contributed by atoms with Crippen LogP contribution >= 0.6 is 11.6 Å². The lowest BCUT2D eigenvalue weighted by atomic mass is 10.0. The maximum atomic E-state index is 5.88. The molecule has 1 aliphatic carbocycles. The second-order valence-corrected chi connectivity index (χ2v) is 5.07. The van der Waals surface area contributed by atoms with Gasteiger partial charge in [-0.05, 0) is 18.8 Å². The third-order valence-electron chi connectivity index (χ3n) is 2.87. The second kappa shape index (κ2) is 4.54. The molecule has 0 aromatic carbocycles. The lowest BCUT2D eigenvalue weighted by Crippen LogP contribution is -2.30. The minimum absolute atomic E-state index is 0.401. The van der Waals surface area contributed by atoms with Gasteiger partial charge >= 0.3 is 0 Å². The molecule has 1 unspecified atom stereocenters. The van der Waals surface area contributed by atoms with E-state index in [1.165, 1.54) is 12.8 Å². The lowest BCUT2D eigenvalue weighted by Gasteiger charge is -2.21. The van der Waals surface area contributed by atoms with E-state index >= 15 is 0 Å². The predicted octanol–water partition coefficient (Wildman–Crippen LogP) is 2.49. The average Bonchev–Trinajstić information content (AvgIpc) is 2.89. The molecular formula is C11H18ClN3. The van der Waals surface area contributed by atoms with Gasteiger partial charge in [0.25, 0.3) is 0 Å². The first-order valence-electron chi connectivity index (χ1n) is 5.60. The Morgan fingerprint density at radius 2 is 2.33 bits per heavy atom. The van der Waals surface area contributed by atoms with Gasteiger partial charge in [-0.3, -0.25) is 4.68 Å². The summed E-state index contributed by atoms with van der Waals surface area (Å²) >= 11 is 5.88. The SMILES string of the molecule is CC(C)C(CNC1CC1)n1cc(Cl)cn1. The molecule has 4 heteroatoms. The molecule has 84 valence electrons. The number of hydrogen-bond donors (Lipinski definition) is 1. The molecule has 0 amide bonds. The van der Waals surface area contributed by atoms with E-state index in [1.54, 1.807) is 6.20 Å². The summed E-state index contributed by atoms with van der Waals surface area (Å²) in [5, 5.41) is 8.54. The Bertz CT molecular complexity index is 317. The summed E-state index contributed by atoms with van der Waals surface area (Å²) in [6.07, 6.45) is 6.25. The highest BCUT2D eigenvalue weighted by Gasteiger charge is 2.24. The molecular weight excluding hydrogens is 210 g/mol. The molecule has 2 rings (SSSR count). The molecule has 1 heterocycles. The number of aromatic nitrogens is 2. The van der Waals surface area contributed by atoms with Crippen LogP contribution in [0, 0.1) is 5.92 Å². The molecule has 1 N–H and O–H groups in total. The van der Waals surface area contributed by atoms with Crippen LogP contribution in [0.25, 0.3) is 0 Å². The van der Waals surface area contributed by atoms with Gasteiger partial charge in [0.2, 0.25) is 0 Å². The Kier molecular flexibility index (Phi) is 3.32. The van der Waals surface area contributed by atoms with Crippen molar-refractivity contribution in [1.82, 2.24) is 15.1 Å². The monoisotopic (exact) mass is 227 g/mol. The topological polar surface area (TPSA) is 29.9 Å². The summed E-state index contributed by atoms with van der Waals surface area (Å²) in [6.45, 7) is 5.42. The number of hydrogen-bond acceptors (Lipinski definition) is 2. The summed E-state index contributed by atoms with van der Waals surface area (Å²) in [7, 11) is 0. The van der Waals surface area contributed by atoms with Crippen molar-refractivity contribution in [2.75, 3.05) is 6.54 Å². The first-order valence-corrected chi connectivity index (χ1v) is 5.97. The van der Waals surface area contributed by atoms with Crippen LogP contribution in [0.15, 0.2) is 12.4 Å². The number of rotatable bonds is 5. The van der Waals surface area contributed by atoms with Gasteiger partial charge in [0.05, 0.1) is 17.3 Å². The van der Waals surface area contributed by atoms with E-state index in [0.29, 0.717) is 17.0 Å². The summed E-state index contributed by atoms with van der Waals surface area (Å²) in [6, 6.07) is 1.15. The number of nitrogens with one attached hydrogen (secondary N) is 1. The lowest BCUT2D eigenvalue weighted by molar-refractivity contribution is 0.329. The van der Waals surface area contributed by atoms with Gasteiger partial charge in [0, 0.05) is 18.8 Å². The Labute approximate surface area is 95.8 Å². The van der Waals surface area contributed by atoms with Crippen molar-refractivity contribution in [1.29, 1.82) is 0 Å². The Morgan fingerprint density at radius 1 is 1.60 bits per heavy atom. The van der Waals surface area contributed by atoms with Gasteiger partial charge < -0.3 is 5.32 Å². The highest BCUT2D eigenvalue weighted by molar-refractivity contribution is 6.30. The van der Waals surface area contributed by atoms with E-state index in [1.807, 2.05) is 10.9 Å². The van der Waals surface area contributed by atoms with Crippen LogP contribution in [-0.4, -0.2) is 22.4 Å². The Morgan fingerprint density at radius 3 is 2.80 bits per heavy atom. The highest BCUT2D eigenvalue weighted by Crippen LogP contribution is 2.22. The van der Waals surface area contributed by atoms with Crippen molar-refractivity contribution in [3.05, 3.63) is 17.4 Å². The summed E-state index contributed by atoms with van der Waals surface area (Å²) in [4.78, 5) is 0. The Hall–Kier alpha value is -0.540. The van der Waals surface area contributed by atoms with E-state index in [0.717, 1.165) is 12.6 Å². The van der Waals surface area contributed by atoms with E-state index in [4.69, 9.17) is 11.6 Å². The van der Waals surface area contributed by atoms with Gasteiger partial charge in [-0.25, -0.2) is 0 Å². The van der Waals surface area contributed by atoms with Gasteiger partial charge in [-0.2, -0.15) is 5.10 Å². The molecule has 3 nitrogen and oxygen atoms in total. The molecule has 1 aromatic heterocycles.